The summed E-state index contributed by atoms with van der Waals surface area (Å²) in [5.41, 5.74) is 3.05. The average Bonchev–Trinajstić information content (AvgIpc) is 2.47. The number of aromatic nitrogens is 1. The minimum absolute atomic E-state index is 1.15. The molecule has 0 radical (unpaired) electrons. The lowest BCUT2D eigenvalue weighted by atomic mass is 10.1. The minimum atomic E-state index is 1.15. The van der Waals surface area contributed by atoms with Gasteiger partial charge in [0, 0.05) is 38.4 Å². The lowest BCUT2D eigenvalue weighted by Crippen LogP contribution is -2.30. The van der Waals surface area contributed by atoms with Gasteiger partial charge in [0.25, 0.3) is 0 Å². The van der Waals surface area contributed by atoms with E-state index in [1.807, 2.05) is 0 Å². The summed E-state index contributed by atoms with van der Waals surface area (Å²) in [5.74, 6) is 0. The predicted octanol–water partition coefficient (Wildman–Crippen LogP) is 1.40. The Morgan fingerprint density at radius 1 is 1.50 bits per heavy atom. The van der Waals surface area contributed by atoms with E-state index < -0.39 is 0 Å². The van der Waals surface area contributed by atoms with E-state index in [2.05, 4.69) is 35.7 Å². The molecule has 0 aromatic carbocycles. The molecule has 2 heterocycles. The smallest absolute Gasteiger partial charge is 0.0251 e. The highest BCUT2D eigenvalue weighted by atomic mass is 15.1. The lowest BCUT2D eigenvalue weighted by molar-refractivity contribution is 0.265. The van der Waals surface area contributed by atoms with Gasteiger partial charge in [-0.05, 0) is 18.2 Å². The molecule has 0 spiro atoms. The molecule has 0 amide bonds. The number of hydrogen-bond donors (Lipinski definition) is 0. The predicted molar refractivity (Wildman–Crippen MR) is 50.1 cm³/mol. The van der Waals surface area contributed by atoms with Crippen molar-refractivity contribution in [3.8, 4) is 0 Å². The number of aryl methyl sites for hydroxylation is 1. The molecule has 0 atom stereocenters. The zero-order valence-corrected chi connectivity index (χ0v) is 7.88. The molecule has 66 valence electrons. The van der Waals surface area contributed by atoms with Gasteiger partial charge in [-0.15, -0.1) is 0 Å². The van der Waals surface area contributed by atoms with Gasteiger partial charge in [0.15, 0.2) is 0 Å². The Labute approximate surface area is 73.8 Å². The van der Waals surface area contributed by atoms with Crippen LogP contribution in [-0.2, 0) is 20.0 Å². The van der Waals surface area contributed by atoms with Crippen LogP contribution in [0.3, 0.4) is 0 Å². The van der Waals surface area contributed by atoms with Crippen LogP contribution in [0.2, 0.25) is 0 Å². The molecule has 1 aliphatic heterocycles. The molecule has 0 unspecified atom stereocenters. The van der Waals surface area contributed by atoms with E-state index >= 15 is 0 Å². The van der Waals surface area contributed by atoms with E-state index in [-0.39, 0.29) is 0 Å². The maximum Gasteiger partial charge on any atom is 0.0251 e. The van der Waals surface area contributed by atoms with Crippen LogP contribution in [0.5, 0.6) is 0 Å². The molecular weight excluding hydrogens is 148 g/mol. The molecule has 0 fully saturated rings. The Bertz CT molecular complexity index is 275. The summed E-state index contributed by atoms with van der Waals surface area (Å²) in [4.78, 5) is 2.49. The molecule has 2 rings (SSSR count). The Balaban J connectivity index is 2.24. The SMILES string of the molecule is CCN1CCc2c(ccn2C)C1. The first kappa shape index (κ1) is 7.87. The molecule has 0 saturated heterocycles. The van der Waals surface area contributed by atoms with Gasteiger partial charge in [-0.2, -0.15) is 0 Å². The molecule has 2 heteroatoms. The van der Waals surface area contributed by atoms with Crippen molar-refractivity contribution in [2.24, 2.45) is 7.05 Å². The van der Waals surface area contributed by atoms with Gasteiger partial charge in [-0.1, -0.05) is 6.92 Å². The molecule has 12 heavy (non-hydrogen) atoms. The number of fused-ring (bicyclic) bond motifs is 1. The van der Waals surface area contributed by atoms with Crippen LogP contribution in [0.25, 0.3) is 0 Å². The van der Waals surface area contributed by atoms with E-state index in [1.54, 1.807) is 0 Å². The van der Waals surface area contributed by atoms with Crippen molar-refractivity contribution < 1.29 is 0 Å². The van der Waals surface area contributed by atoms with Crippen molar-refractivity contribution >= 4 is 0 Å². The molecule has 0 aliphatic carbocycles. The summed E-state index contributed by atoms with van der Waals surface area (Å²) in [7, 11) is 2.14. The number of nitrogens with zero attached hydrogens (tertiary/aromatic N) is 2. The molecule has 0 saturated carbocycles. The number of rotatable bonds is 1. The van der Waals surface area contributed by atoms with Crippen LogP contribution in [0.15, 0.2) is 12.3 Å². The van der Waals surface area contributed by atoms with Gasteiger partial charge >= 0.3 is 0 Å². The molecule has 1 aromatic heterocycles. The Hall–Kier alpha value is -0.760. The van der Waals surface area contributed by atoms with Crippen molar-refractivity contribution in [2.75, 3.05) is 13.1 Å². The zero-order valence-electron chi connectivity index (χ0n) is 7.88. The van der Waals surface area contributed by atoms with Gasteiger partial charge in [-0.25, -0.2) is 0 Å². The highest BCUT2D eigenvalue weighted by Crippen LogP contribution is 2.18. The summed E-state index contributed by atoms with van der Waals surface area (Å²) in [6.07, 6.45) is 3.39. The van der Waals surface area contributed by atoms with E-state index in [0.717, 1.165) is 6.54 Å². The average molecular weight is 164 g/mol. The van der Waals surface area contributed by atoms with Crippen molar-refractivity contribution in [3.05, 3.63) is 23.5 Å². The normalized spacial score (nSPS) is 17.8. The summed E-state index contributed by atoms with van der Waals surface area (Å²) >= 11 is 0. The standard InChI is InChI=1S/C10H16N2/c1-3-12-7-5-10-9(8-12)4-6-11(10)2/h4,6H,3,5,7-8H2,1-2H3. The Morgan fingerprint density at radius 2 is 2.33 bits per heavy atom. The van der Waals surface area contributed by atoms with Crippen LogP contribution in [0.4, 0.5) is 0 Å². The third kappa shape index (κ3) is 1.16. The van der Waals surface area contributed by atoms with Crippen molar-refractivity contribution in [1.29, 1.82) is 0 Å². The summed E-state index contributed by atoms with van der Waals surface area (Å²) < 4.78 is 2.25. The fourth-order valence-electron chi connectivity index (χ4n) is 1.95. The fraction of sp³-hybridized carbons (Fsp3) is 0.600. The third-order valence-corrected chi connectivity index (χ3v) is 2.80. The zero-order chi connectivity index (χ0) is 8.55. The fourth-order valence-corrected chi connectivity index (χ4v) is 1.95. The van der Waals surface area contributed by atoms with E-state index in [9.17, 15) is 0 Å². The van der Waals surface area contributed by atoms with Crippen LogP contribution < -0.4 is 0 Å². The van der Waals surface area contributed by atoms with E-state index in [0.29, 0.717) is 0 Å². The quantitative estimate of drug-likeness (QED) is 0.609. The molecule has 2 nitrogen and oxygen atoms in total. The van der Waals surface area contributed by atoms with Crippen LogP contribution in [0, 0.1) is 0 Å². The summed E-state index contributed by atoms with van der Waals surface area (Å²) in [6.45, 7) is 5.77. The van der Waals surface area contributed by atoms with Crippen molar-refractivity contribution in [3.63, 3.8) is 0 Å². The first-order valence-corrected chi connectivity index (χ1v) is 4.66. The molecule has 0 N–H and O–H groups in total. The number of likely N-dealkylation sites (N-methyl/N-ethyl adjacent to an activating group) is 1. The number of hydrogen-bond acceptors (Lipinski definition) is 1. The van der Waals surface area contributed by atoms with E-state index in [1.165, 1.54) is 30.8 Å². The molecular formula is C10H16N2. The van der Waals surface area contributed by atoms with Crippen LogP contribution in [0.1, 0.15) is 18.2 Å². The van der Waals surface area contributed by atoms with Gasteiger partial charge in [0.2, 0.25) is 0 Å². The molecule has 1 aliphatic rings. The first-order chi connectivity index (χ1) is 5.81. The van der Waals surface area contributed by atoms with Crippen molar-refractivity contribution in [2.45, 2.75) is 19.9 Å². The van der Waals surface area contributed by atoms with Gasteiger partial charge in [0.1, 0.15) is 0 Å². The van der Waals surface area contributed by atoms with Gasteiger partial charge in [-0.3, -0.25) is 4.90 Å². The molecule has 0 bridgehead atoms. The highest BCUT2D eigenvalue weighted by Gasteiger charge is 2.16. The lowest BCUT2D eigenvalue weighted by Gasteiger charge is -2.26. The van der Waals surface area contributed by atoms with Crippen molar-refractivity contribution in [1.82, 2.24) is 9.47 Å². The minimum Gasteiger partial charge on any atom is -0.354 e. The summed E-state index contributed by atoms with van der Waals surface area (Å²) in [6, 6.07) is 2.25. The second-order valence-corrected chi connectivity index (χ2v) is 3.52. The second kappa shape index (κ2) is 2.94. The second-order valence-electron chi connectivity index (χ2n) is 3.52. The summed E-state index contributed by atoms with van der Waals surface area (Å²) in [5, 5.41) is 0. The Kier molecular flexibility index (Phi) is 1.93. The largest absolute Gasteiger partial charge is 0.354 e. The maximum absolute atomic E-state index is 2.49. The third-order valence-electron chi connectivity index (χ3n) is 2.80. The van der Waals surface area contributed by atoms with Crippen LogP contribution in [-0.4, -0.2) is 22.6 Å². The Morgan fingerprint density at radius 3 is 3.08 bits per heavy atom. The monoisotopic (exact) mass is 164 g/mol. The van der Waals surface area contributed by atoms with Gasteiger partial charge in [0.05, 0.1) is 0 Å². The van der Waals surface area contributed by atoms with Gasteiger partial charge < -0.3 is 4.57 Å². The maximum atomic E-state index is 2.49. The highest BCUT2D eigenvalue weighted by molar-refractivity contribution is 5.24. The van der Waals surface area contributed by atoms with Crippen LogP contribution >= 0.6 is 0 Å². The first-order valence-electron chi connectivity index (χ1n) is 4.66. The molecule has 1 aromatic rings. The van der Waals surface area contributed by atoms with E-state index in [4.69, 9.17) is 0 Å². The topological polar surface area (TPSA) is 8.17 Å².